The predicted molar refractivity (Wildman–Crippen MR) is 80.6 cm³/mol. The first-order chi connectivity index (χ1) is 9.32. The maximum atomic E-state index is 12.0. The third-order valence-corrected chi connectivity index (χ3v) is 5.23. The van der Waals surface area contributed by atoms with Crippen LogP contribution in [0.2, 0.25) is 0 Å². The molecule has 3 nitrogen and oxygen atoms in total. The number of carbonyl (C=O) groups is 1. The molecule has 1 aromatic rings. The van der Waals surface area contributed by atoms with Crippen molar-refractivity contribution >= 4 is 5.97 Å². The smallest absolute Gasteiger partial charge is 0.314 e. The zero-order chi connectivity index (χ0) is 15.0. The number of esters is 1. The van der Waals surface area contributed by atoms with Crippen LogP contribution in [0.25, 0.3) is 0 Å². The molecule has 0 spiro atoms. The number of benzene rings is 1. The zero-order valence-electron chi connectivity index (χ0n) is 13.1. The zero-order valence-corrected chi connectivity index (χ0v) is 13.1. The molecule has 0 saturated heterocycles. The Morgan fingerprint density at radius 3 is 2.20 bits per heavy atom. The molecule has 0 radical (unpaired) electrons. The lowest BCUT2D eigenvalue weighted by atomic mass is 9.99. The van der Waals surface area contributed by atoms with Crippen LogP contribution >= 0.6 is 0 Å². The average Bonchev–Trinajstić information content (AvgIpc) is 2.81. The standard InChI is InChI=1S/C17H25NO2/c1-16(2)15(17(16,3)4)18-11-13(14(19)20-5)12-9-7-6-8-10-12/h6-10,13,15,18H,11H2,1-5H3. The van der Waals surface area contributed by atoms with Crippen molar-refractivity contribution in [3.63, 3.8) is 0 Å². The summed E-state index contributed by atoms with van der Waals surface area (Å²) in [5, 5.41) is 3.55. The number of carbonyl (C=O) groups excluding carboxylic acids is 1. The van der Waals surface area contributed by atoms with Gasteiger partial charge in [-0.2, -0.15) is 0 Å². The van der Waals surface area contributed by atoms with Crippen LogP contribution < -0.4 is 5.32 Å². The van der Waals surface area contributed by atoms with E-state index in [1.54, 1.807) is 0 Å². The molecule has 1 aromatic carbocycles. The second-order valence-electron chi connectivity index (χ2n) is 6.77. The largest absolute Gasteiger partial charge is 0.469 e. The molecule has 0 amide bonds. The molecule has 1 aliphatic rings. The van der Waals surface area contributed by atoms with Gasteiger partial charge in [0.2, 0.25) is 0 Å². The van der Waals surface area contributed by atoms with E-state index >= 15 is 0 Å². The molecule has 1 atom stereocenters. The van der Waals surface area contributed by atoms with E-state index in [1.807, 2.05) is 30.3 Å². The van der Waals surface area contributed by atoms with Crippen molar-refractivity contribution < 1.29 is 9.53 Å². The van der Waals surface area contributed by atoms with Crippen molar-refractivity contribution in [2.24, 2.45) is 10.8 Å². The molecule has 1 N–H and O–H groups in total. The molecular formula is C17H25NO2. The van der Waals surface area contributed by atoms with Gasteiger partial charge >= 0.3 is 5.97 Å². The van der Waals surface area contributed by atoms with Crippen LogP contribution in [0.3, 0.4) is 0 Å². The normalized spacial score (nSPS) is 21.2. The molecule has 1 fully saturated rings. The van der Waals surface area contributed by atoms with Gasteiger partial charge in [-0.25, -0.2) is 0 Å². The van der Waals surface area contributed by atoms with E-state index in [4.69, 9.17) is 4.74 Å². The minimum atomic E-state index is -0.242. The number of rotatable bonds is 5. The van der Waals surface area contributed by atoms with Crippen LogP contribution in [0.4, 0.5) is 0 Å². The number of methoxy groups -OCH3 is 1. The molecule has 0 aliphatic heterocycles. The quantitative estimate of drug-likeness (QED) is 0.840. The molecule has 20 heavy (non-hydrogen) atoms. The molecule has 0 bridgehead atoms. The SMILES string of the molecule is COC(=O)C(CNC1C(C)(C)C1(C)C)c1ccccc1. The molecule has 1 saturated carbocycles. The summed E-state index contributed by atoms with van der Waals surface area (Å²) in [5.74, 6) is -0.423. The molecule has 0 heterocycles. The van der Waals surface area contributed by atoms with E-state index in [0.29, 0.717) is 12.6 Å². The Hall–Kier alpha value is -1.35. The van der Waals surface area contributed by atoms with Crippen molar-refractivity contribution in [1.29, 1.82) is 0 Å². The Bertz CT molecular complexity index is 465. The summed E-state index contributed by atoms with van der Waals surface area (Å²) < 4.78 is 4.94. The first kappa shape index (κ1) is 15.0. The third-order valence-electron chi connectivity index (χ3n) is 5.23. The van der Waals surface area contributed by atoms with Gasteiger partial charge in [0.15, 0.2) is 0 Å². The maximum absolute atomic E-state index is 12.0. The third kappa shape index (κ3) is 2.47. The fraction of sp³-hybridized carbons (Fsp3) is 0.588. The summed E-state index contributed by atoms with van der Waals surface area (Å²) in [6.45, 7) is 9.68. The molecule has 3 heteroatoms. The van der Waals surface area contributed by atoms with E-state index in [1.165, 1.54) is 7.11 Å². The summed E-state index contributed by atoms with van der Waals surface area (Å²) in [7, 11) is 1.45. The first-order valence-electron chi connectivity index (χ1n) is 7.18. The lowest BCUT2D eigenvalue weighted by molar-refractivity contribution is -0.142. The lowest BCUT2D eigenvalue weighted by Crippen LogP contribution is -2.31. The molecule has 2 rings (SSSR count). The Kier molecular flexibility index (Phi) is 3.92. The molecule has 1 aliphatic carbocycles. The number of nitrogens with one attached hydrogen (secondary N) is 1. The van der Waals surface area contributed by atoms with Crippen LogP contribution in [0, 0.1) is 10.8 Å². The highest BCUT2D eigenvalue weighted by Crippen LogP contribution is 2.62. The van der Waals surface area contributed by atoms with Gasteiger partial charge in [-0.05, 0) is 16.4 Å². The van der Waals surface area contributed by atoms with Crippen molar-refractivity contribution in [3.05, 3.63) is 35.9 Å². The topological polar surface area (TPSA) is 38.3 Å². The van der Waals surface area contributed by atoms with Crippen molar-refractivity contribution in [3.8, 4) is 0 Å². The maximum Gasteiger partial charge on any atom is 0.314 e. The number of ether oxygens (including phenoxy) is 1. The fourth-order valence-electron chi connectivity index (χ4n) is 3.11. The van der Waals surface area contributed by atoms with Crippen molar-refractivity contribution in [2.45, 2.75) is 39.7 Å². The highest BCUT2D eigenvalue weighted by Gasteiger charge is 2.64. The van der Waals surface area contributed by atoms with Crippen LogP contribution in [0.15, 0.2) is 30.3 Å². The van der Waals surface area contributed by atoms with Crippen LogP contribution in [-0.4, -0.2) is 25.7 Å². The van der Waals surface area contributed by atoms with Crippen molar-refractivity contribution in [1.82, 2.24) is 5.32 Å². The van der Waals surface area contributed by atoms with Crippen LogP contribution in [-0.2, 0) is 9.53 Å². The van der Waals surface area contributed by atoms with Crippen molar-refractivity contribution in [2.75, 3.05) is 13.7 Å². The summed E-state index contributed by atoms with van der Waals surface area (Å²) in [6, 6.07) is 10.3. The minimum absolute atomic E-state index is 0.181. The van der Waals surface area contributed by atoms with Gasteiger partial charge < -0.3 is 10.1 Å². The van der Waals surface area contributed by atoms with E-state index in [0.717, 1.165) is 5.56 Å². The van der Waals surface area contributed by atoms with Gasteiger partial charge in [0, 0.05) is 12.6 Å². The highest BCUT2D eigenvalue weighted by molar-refractivity contribution is 5.78. The van der Waals surface area contributed by atoms with Gasteiger partial charge in [0.1, 0.15) is 0 Å². The summed E-state index contributed by atoms with van der Waals surface area (Å²) in [4.78, 5) is 12.0. The highest BCUT2D eigenvalue weighted by atomic mass is 16.5. The Morgan fingerprint density at radius 1 is 1.20 bits per heavy atom. The number of hydrogen-bond acceptors (Lipinski definition) is 3. The predicted octanol–water partition coefficient (Wildman–Crippen LogP) is 2.97. The Balaban J connectivity index is 2.06. The molecule has 1 unspecified atom stereocenters. The van der Waals surface area contributed by atoms with Crippen LogP contribution in [0.1, 0.15) is 39.2 Å². The second-order valence-corrected chi connectivity index (χ2v) is 6.77. The van der Waals surface area contributed by atoms with Gasteiger partial charge in [0.05, 0.1) is 13.0 Å². The average molecular weight is 275 g/mol. The second kappa shape index (κ2) is 5.21. The minimum Gasteiger partial charge on any atom is -0.469 e. The Morgan fingerprint density at radius 2 is 1.75 bits per heavy atom. The fourth-order valence-corrected chi connectivity index (χ4v) is 3.11. The molecule has 0 aromatic heterocycles. The van der Waals surface area contributed by atoms with Gasteiger partial charge in [-0.1, -0.05) is 58.0 Å². The van der Waals surface area contributed by atoms with E-state index in [-0.39, 0.29) is 22.7 Å². The van der Waals surface area contributed by atoms with E-state index in [2.05, 4.69) is 33.0 Å². The van der Waals surface area contributed by atoms with Gasteiger partial charge in [-0.3, -0.25) is 4.79 Å². The van der Waals surface area contributed by atoms with Crippen LogP contribution in [0.5, 0.6) is 0 Å². The summed E-state index contributed by atoms with van der Waals surface area (Å²) in [6.07, 6.45) is 0. The first-order valence-corrected chi connectivity index (χ1v) is 7.18. The monoisotopic (exact) mass is 275 g/mol. The lowest BCUT2D eigenvalue weighted by Gasteiger charge is -2.16. The van der Waals surface area contributed by atoms with Gasteiger partial charge in [0.25, 0.3) is 0 Å². The van der Waals surface area contributed by atoms with Gasteiger partial charge in [-0.15, -0.1) is 0 Å². The summed E-state index contributed by atoms with van der Waals surface area (Å²) in [5.41, 5.74) is 1.54. The molecular weight excluding hydrogens is 250 g/mol. The molecule has 110 valence electrons. The Labute approximate surface area is 121 Å². The summed E-state index contributed by atoms with van der Waals surface area (Å²) >= 11 is 0. The number of hydrogen-bond donors (Lipinski definition) is 1. The van der Waals surface area contributed by atoms with E-state index in [9.17, 15) is 4.79 Å². The van der Waals surface area contributed by atoms with E-state index < -0.39 is 0 Å².